The van der Waals surface area contributed by atoms with Gasteiger partial charge in [-0.25, -0.2) is 4.79 Å². The predicted molar refractivity (Wildman–Crippen MR) is 133 cm³/mol. The van der Waals surface area contributed by atoms with Crippen LogP contribution in [-0.2, 0) is 29.4 Å². The summed E-state index contributed by atoms with van der Waals surface area (Å²) in [6, 6.07) is 8.20. The van der Waals surface area contributed by atoms with Crippen molar-refractivity contribution in [3.8, 4) is 11.4 Å². The van der Waals surface area contributed by atoms with Gasteiger partial charge in [0.2, 0.25) is 5.91 Å². The summed E-state index contributed by atoms with van der Waals surface area (Å²) in [5.74, 6) is 0.396. The first-order valence-electron chi connectivity index (χ1n) is 10.7. The molecule has 4 aromatic rings. The molecule has 1 aliphatic carbocycles. The van der Waals surface area contributed by atoms with Crippen LogP contribution in [0.4, 0.5) is 5.00 Å². The molecule has 3 aromatic heterocycles. The van der Waals surface area contributed by atoms with Crippen molar-refractivity contribution in [2.45, 2.75) is 31.3 Å². The molecule has 0 bridgehead atoms. The standard InChI is InChI=1S/C23H22N4O3S3/c1-3-30-22(29)19-14-8-6-10-17(14)33-21(19)24-18(28)12-32-23-26-25-20(27(23)2)15-11-31-16-9-5-4-7-13(15)16/h4-5,7,9,11H,3,6,8,10,12H2,1-2H3,(H,24,28). The predicted octanol–water partition coefficient (Wildman–Crippen LogP) is 5.15. The zero-order valence-electron chi connectivity index (χ0n) is 18.2. The van der Waals surface area contributed by atoms with Crippen molar-refractivity contribution in [3.63, 3.8) is 0 Å². The number of anilines is 1. The molecule has 0 saturated heterocycles. The van der Waals surface area contributed by atoms with E-state index in [1.165, 1.54) is 32.7 Å². The van der Waals surface area contributed by atoms with Crippen molar-refractivity contribution in [1.82, 2.24) is 14.8 Å². The summed E-state index contributed by atoms with van der Waals surface area (Å²) < 4.78 is 8.35. The van der Waals surface area contributed by atoms with E-state index in [1.54, 1.807) is 18.3 Å². The summed E-state index contributed by atoms with van der Waals surface area (Å²) in [6.45, 7) is 2.09. The van der Waals surface area contributed by atoms with Crippen LogP contribution in [0.3, 0.4) is 0 Å². The number of benzene rings is 1. The fourth-order valence-electron chi connectivity index (χ4n) is 4.03. The van der Waals surface area contributed by atoms with Crippen LogP contribution in [0.1, 0.15) is 34.1 Å². The normalized spacial score (nSPS) is 12.8. The smallest absolute Gasteiger partial charge is 0.341 e. The van der Waals surface area contributed by atoms with Crippen LogP contribution >= 0.6 is 34.4 Å². The first-order chi connectivity index (χ1) is 16.1. The lowest BCUT2D eigenvalue weighted by molar-refractivity contribution is -0.113. The van der Waals surface area contributed by atoms with Gasteiger partial charge in [0.15, 0.2) is 11.0 Å². The molecule has 0 unspecified atom stereocenters. The van der Waals surface area contributed by atoms with E-state index in [2.05, 4.69) is 33.0 Å². The van der Waals surface area contributed by atoms with Crippen molar-refractivity contribution >= 4 is 61.4 Å². The molecule has 1 N–H and O–H groups in total. The maximum Gasteiger partial charge on any atom is 0.341 e. The lowest BCUT2D eigenvalue weighted by atomic mass is 10.1. The van der Waals surface area contributed by atoms with Crippen LogP contribution in [-0.4, -0.2) is 39.0 Å². The van der Waals surface area contributed by atoms with E-state index in [1.807, 2.05) is 23.7 Å². The molecule has 10 heteroatoms. The maximum atomic E-state index is 12.7. The molecule has 33 heavy (non-hydrogen) atoms. The van der Waals surface area contributed by atoms with Gasteiger partial charge in [0.1, 0.15) is 5.00 Å². The topological polar surface area (TPSA) is 86.1 Å². The van der Waals surface area contributed by atoms with Gasteiger partial charge in [0.05, 0.1) is 17.9 Å². The van der Waals surface area contributed by atoms with Gasteiger partial charge in [-0.1, -0.05) is 30.0 Å². The quantitative estimate of drug-likeness (QED) is 0.280. The summed E-state index contributed by atoms with van der Waals surface area (Å²) in [6.07, 6.45) is 2.82. The maximum absolute atomic E-state index is 12.7. The highest BCUT2D eigenvalue weighted by atomic mass is 32.2. The second-order valence-electron chi connectivity index (χ2n) is 7.63. The van der Waals surface area contributed by atoms with Crippen molar-refractivity contribution < 1.29 is 14.3 Å². The van der Waals surface area contributed by atoms with Gasteiger partial charge in [-0.05, 0) is 37.8 Å². The van der Waals surface area contributed by atoms with Gasteiger partial charge in [-0.2, -0.15) is 0 Å². The average Bonchev–Trinajstić information content (AvgIpc) is 3.56. The van der Waals surface area contributed by atoms with Crippen molar-refractivity contribution in [1.29, 1.82) is 0 Å². The largest absolute Gasteiger partial charge is 0.462 e. The Morgan fingerprint density at radius 3 is 2.94 bits per heavy atom. The van der Waals surface area contributed by atoms with Crippen molar-refractivity contribution in [3.05, 3.63) is 45.6 Å². The first kappa shape index (κ1) is 22.1. The van der Waals surface area contributed by atoms with Crippen LogP contribution in [0, 0.1) is 0 Å². The number of rotatable bonds is 7. The number of hydrogen-bond donors (Lipinski definition) is 1. The number of ether oxygens (including phenoxy) is 1. The van der Waals surface area contributed by atoms with E-state index >= 15 is 0 Å². The zero-order valence-corrected chi connectivity index (χ0v) is 20.7. The molecule has 0 spiro atoms. The summed E-state index contributed by atoms with van der Waals surface area (Å²) in [7, 11) is 1.91. The van der Waals surface area contributed by atoms with E-state index in [-0.39, 0.29) is 17.6 Å². The Morgan fingerprint density at radius 2 is 2.09 bits per heavy atom. The van der Waals surface area contributed by atoms with Crippen LogP contribution in [0.25, 0.3) is 21.5 Å². The van der Waals surface area contributed by atoms with E-state index < -0.39 is 0 Å². The van der Waals surface area contributed by atoms with E-state index in [9.17, 15) is 9.59 Å². The number of thiophene rings is 2. The SMILES string of the molecule is CCOC(=O)c1c(NC(=O)CSc2nnc(-c3csc4ccccc34)n2C)sc2c1CCC2. The third-order valence-corrected chi connectivity index (χ3v) is 8.73. The molecule has 1 amide bonds. The Bertz CT molecular complexity index is 1350. The highest BCUT2D eigenvalue weighted by Gasteiger charge is 2.28. The molecule has 0 aliphatic heterocycles. The zero-order chi connectivity index (χ0) is 22.9. The number of amides is 1. The molecular weight excluding hydrogens is 476 g/mol. The van der Waals surface area contributed by atoms with Crippen LogP contribution < -0.4 is 5.32 Å². The van der Waals surface area contributed by atoms with Crippen molar-refractivity contribution in [2.24, 2.45) is 7.05 Å². The van der Waals surface area contributed by atoms with Gasteiger partial charge >= 0.3 is 5.97 Å². The number of fused-ring (bicyclic) bond motifs is 2. The van der Waals surface area contributed by atoms with E-state index in [4.69, 9.17) is 4.74 Å². The third-order valence-electron chi connectivity index (χ3n) is 5.54. The second kappa shape index (κ2) is 9.28. The summed E-state index contributed by atoms with van der Waals surface area (Å²) >= 11 is 4.48. The monoisotopic (exact) mass is 498 g/mol. The molecule has 0 saturated carbocycles. The van der Waals surface area contributed by atoms with Gasteiger partial charge in [0, 0.05) is 33.0 Å². The number of esters is 1. The van der Waals surface area contributed by atoms with Crippen LogP contribution in [0.5, 0.6) is 0 Å². The Balaban J connectivity index is 1.30. The molecular formula is C23H22N4O3S3. The van der Waals surface area contributed by atoms with E-state index in [0.717, 1.165) is 41.6 Å². The molecule has 0 fully saturated rings. The number of aryl methyl sites for hydroxylation is 1. The Hall–Kier alpha value is -2.69. The van der Waals surface area contributed by atoms with Crippen molar-refractivity contribution in [2.75, 3.05) is 17.7 Å². The average molecular weight is 499 g/mol. The number of aromatic nitrogens is 3. The van der Waals surface area contributed by atoms with Gasteiger partial charge in [-0.15, -0.1) is 32.9 Å². The number of nitrogens with one attached hydrogen (secondary N) is 1. The lowest BCUT2D eigenvalue weighted by Crippen LogP contribution is -2.17. The van der Waals surface area contributed by atoms with Crippen LogP contribution in [0.2, 0.25) is 0 Å². The first-order valence-corrected chi connectivity index (χ1v) is 13.3. The third kappa shape index (κ3) is 4.18. The van der Waals surface area contributed by atoms with Gasteiger partial charge in [-0.3, -0.25) is 4.79 Å². The van der Waals surface area contributed by atoms with Gasteiger partial charge in [0.25, 0.3) is 0 Å². The molecule has 1 aromatic carbocycles. The number of carbonyl (C=O) groups excluding carboxylic acids is 2. The van der Waals surface area contributed by atoms with E-state index in [0.29, 0.717) is 22.3 Å². The Morgan fingerprint density at radius 1 is 1.24 bits per heavy atom. The number of thioether (sulfide) groups is 1. The minimum atomic E-state index is -0.360. The molecule has 0 atom stereocenters. The fraction of sp³-hybridized carbons (Fsp3) is 0.304. The number of carbonyl (C=O) groups is 2. The minimum Gasteiger partial charge on any atom is -0.462 e. The van der Waals surface area contributed by atoms with Crippen LogP contribution in [0.15, 0.2) is 34.8 Å². The minimum absolute atomic E-state index is 0.168. The molecule has 1 aliphatic rings. The number of hydrogen-bond acceptors (Lipinski definition) is 8. The summed E-state index contributed by atoms with van der Waals surface area (Å²) in [5, 5.41) is 16.1. The Kier molecular flexibility index (Phi) is 6.22. The Labute approximate surface area is 203 Å². The summed E-state index contributed by atoms with van der Waals surface area (Å²) in [4.78, 5) is 26.4. The summed E-state index contributed by atoms with van der Waals surface area (Å²) in [5.41, 5.74) is 2.59. The molecule has 170 valence electrons. The highest BCUT2D eigenvalue weighted by Crippen LogP contribution is 2.40. The molecule has 0 radical (unpaired) electrons. The van der Waals surface area contributed by atoms with Gasteiger partial charge < -0.3 is 14.6 Å². The number of nitrogens with zero attached hydrogens (tertiary/aromatic N) is 3. The second-order valence-corrected chi connectivity index (χ2v) is 10.6. The molecule has 7 nitrogen and oxygen atoms in total. The molecule has 5 rings (SSSR count). The molecule has 3 heterocycles. The lowest BCUT2D eigenvalue weighted by Gasteiger charge is -2.08. The fourth-order valence-corrected chi connectivity index (χ4v) is 6.97. The highest BCUT2D eigenvalue weighted by molar-refractivity contribution is 7.99.